The summed E-state index contributed by atoms with van der Waals surface area (Å²) in [4.78, 5) is 0. The van der Waals surface area contributed by atoms with Gasteiger partial charge in [-0.2, -0.15) is 0 Å². The van der Waals surface area contributed by atoms with E-state index in [-0.39, 0.29) is 12.9 Å². The van der Waals surface area contributed by atoms with Gasteiger partial charge in [-0.1, -0.05) is 0 Å². The highest BCUT2D eigenvalue weighted by Crippen LogP contribution is 2.13. The minimum absolute atomic E-state index is 0.00833. The zero-order valence-electron chi connectivity index (χ0n) is 12.3. The van der Waals surface area contributed by atoms with Crippen LogP contribution in [0.3, 0.4) is 0 Å². The standard InChI is InChI=1S/C14H28O6/c15-5-9-17-11-13-18-12-10-16-6-3-8-20-14-4-1-2-7-19-14/h14-15H,1-13H2. The molecule has 1 fully saturated rings. The maximum Gasteiger partial charge on any atom is 0.157 e. The summed E-state index contributed by atoms with van der Waals surface area (Å²) in [6.07, 6.45) is 4.21. The van der Waals surface area contributed by atoms with E-state index in [0.717, 1.165) is 25.9 Å². The van der Waals surface area contributed by atoms with E-state index in [2.05, 4.69) is 0 Å². The third kappa shape index (κ3) is 10.5. The fourth-order valence-corrected chi connectivity index (χ4v) is 1.82. The lowest BCUT2D eigenvalue weighted by Gasteiger charge is -2.22. The van der Waals surface area contributed by atoms with Crippen molar-refractivity contribution >= 4 is 0 Å². The number of rotatable bonds is 13. The Bertz CT molecular complexity index is 196. The summed E-state index contributed by atoms with van der Waals surface area (Å²) >= 11 is 0. The predicted octanol–water partition coefficient (Wildman–Crippen LogP) is 0.962. The van der Waals surface area contributed by atoms with Crippen LogP contribution in [0.15, 0.2) is 0 Å². The Morgan fingerprint density at radius 1 is 0.850 bits per heavy atom. The van der Waals surface area contributed by atoms with E-state index < -0.39 is 0 Å². The van der Waals surface area contributed by atoms with Gasteiger partial charge >= 0.3 is 0 Å². The van der Waals surface area contributed by atoms with Gasteiger partial charge < -0.3 is 28.8 Å². The lowest BCUT2D eigenvalue weighted by molar-refractivity contribution is -0.164. The molecule has 0 aromatic carbocycles. The fraction of sp³-hybridized carbons (Fsp3) is 1.00. The van der Waals surface area contributed by atoms with E-state index in [0.29, 0.717) is 46.2 Å². The second kappa shape index (κ2) is 13.7. The smallest absolute Gasteiger partial charge is 0.157 e. The molecule has 0 bridgehead atoms. The number of aliphatic hydroxyl groups excluding tert-OH is 1. The van der Waals surface area contributed by atoms with Crippen molar-refractivity contribution in [1.82, 2.24) is 0 Å². The molecule has 1 aliphatic rings. The van der Waals surface area contributed by atoms with Crippen LogP contribution < -0.4 is 0 Å². The predicted molar refractivity (Wildman–Crippen MR) is 73.7 cm³/mol. The molecule has 0 aromatic heterocycles. The van der Waals surface area contributed by atoms with E-state index >= 15 is 0 Å². The molecule has 6 heteroatoms. The molecule has 1 unspecified atom stereocenters. The third-order valence-electron chi connectivity index (χ3n) is 2.85. The molecule has 0 amide bonds. The molecular formula is C14H28O6. The molecule has 1 saturated heterocycles. The van der Waals surface area contributed by atoms with Crippen LogP contribution in [0.5, 0.6) is 0 Å². The van der Waals surface area contributed by atoms with Gasteiger partial charge in [-0.05, 0) is 25.7 Å². The summed E-state index contributed by atoms with van der Waals surface area (Å²) in [6.45, 7) is 4.79. The van der Waals surface area contributed by atoms with Crippen LogP contribution in [-0.4, -0.2) is 70.9 Å². The quantitative estimate of drug-likeness (QED) is 0.510. The second-order valence-electron chi connectivity index (χ2n) is 4.58. The normalized spacial score (nSPS) is 19.4. The van der Waals surface area contributed by atoms with Crippen LogP contribution in [0.4, 0.5) is 0 Å². The van der Waals surface area contributed by atoms with E-state index in [1.54, 1.807) is 0 Å². The highest BCUT2D eigenvalue weighted by atomic mass is 16.7. The first-order valence-electron chi connectivity index (χ1n) is 7.51. The first-order chi connectivity index (χ1) is 9.93. The minimum atomic E-state index is -0.00833. The lowest BCUT2D eigenvalue weighted by Crippen LogP contribution is -2.23. The van der Waals surface area contributed by atoms with Gasteiger partial charge in [0, 0.05) is 13.2 Å². The van der Waals surface area contributed by atoms with Crippen LogP contribution in [0.25, 0.3) is 0 Å². The zero-order chi connectivity index (χ0) is 14.3. The Labute approximate surface area is 121 Å². The number of ether oxygens (including phenoxy) is 5. The van der Waals surface area contributed by atoms with Gasteiger partial charge in [-0.15, -0.1) is 0 Å². The van der Waals surface area contributed by atoms with Crippen molar-refractivity contribution in [2.24, 2.45) is 0 Å². The second-order valence-corrected chi connectivity index (χ2v) is 4.58. The van der Waals surface area contributed by atoms with E-state index in [4.69, 9.17) is 28.8 Å². The molecule has 1 atom stereocenters. The molecular weight excluding hydrogens is 264 g/mol. The topological polar surface area (TPSA) is 66.4 Å². The fourth-order valence-electron chi connectivity index (χ4n) is 1.82. The van der Waals surface area contributed by atoms with Crippen molar-refractivity contribution in [3.05, 3.63) is 0 Å². The summed E-state index contributed by atoms with van der Waals surface area (Å²) in [5.41, 5.74) is 0. The SMILES string of the molecule is OCCOCCOCCOCCCOC1CCCCO1. The van der Waals surface area contributed by atoms with Gasteiger partial charge in [0.2, 0.25) is 0 Å². The first kappa shape index (κ1) is 17.8. The van der Waals surface area contributed by atoms with E-state index in [1.807, 2.05) is 0 Å². The number of aliphatic hydroxyl groups is 1. The molecule has 0 radical (unpaired) electrons. The van der Waals surface area contributed by atoms with Gasteiger partial charge in [0.1, 0.15) is 0 Å². The van der Waals surface area contributed by atoms with Crippen LogP contribution >= 0.6 is 0 Å². The molecule has 1 heterocycles. The lowest BCUT2D eigenvalue weighted by atomic mass is 10.2. The monoisotopic (exact) mass is 292 g/mol. The van der Waals surface area contributed by atoms with Crippen molar-refractivity contribution in [3.8, 4) is 0 Å². The van der Waals surface area contributed by atoms with Gasteiger partial charge in [-0.3, -0.25) is 0 Å². The maximum atomic E-state index is 8.49. The van der Waals surface area contributed by atoms with Crippen LogP contribution in [0, 0.1) is 0 Å². The molecule has 0 aliphatic carbocycles. The molecule has 1 aliphatic heterocycles. The molecule has 6 nitrogen and oxygen atoms in total. The van der Waals surface area contributed by atoms with Crippen molar-refractivity contribution in [2.45, 2.75) is 32.0 Å². The van der Waals surface area contributed by atoms with Crippen molar-refractivity contribution in [1.29, 1.82) is 0 Å². The third-order valence-corrected chi connectivity index (χ3v) is 2.85. The van der Waals surface area contributed by atoms with Gasteiger partial charge in [0.15, 0.2) is 6.29 Å². The molecule has 0 saturated carbocycles. The highest BCUT2D eigenvalue weighted by Gasteiger charge is 2.13. The maximum absolute atomic E-state index is 8.49. The zero-order valence-corrected chi connectivity index (χ0v) is 12.3. The molecule has 20 heavy (non-hydrogen) atoms. The summed E-state index contributed by atoms with van der Waals surface area (Å²) < 4.78 is 26.8. The first-order valence-corrected chi connectivity index (χ1v) is 7.51. The summed E-state index contributed by atoms with van der Waals surface area (Å²) in [5.74, 6) is 0. The molecule has 0 spiro atoms. The average Bonchev–Trinajstić information content (AvgIpc) is 2.49. The summed E-state index contributed by atoms with van der Waals surface area (Å²) in [7, 11) is 0. The Morgan fingerprint density at radius 3 is 2.20 bits per heavy atom. The number of hydrogen-bond donors (Lipinski definition) is 1. The molecule has 120 valence electrons. The average molecular weight is 292 g/mol. The van der Waals surface area contributed by atoms with E-state index in [1.165, 1.54) is 6.42 Å². The molecule has 1 rings (SSSR count). The number of hydrogen-bond acceptors (Lipinski definition) is 6. The Morgan fingerprint density at radius 2 is 1.55 bits per heavy atom. The molecule has 1 N–H and O–H groups in total. The summed E-state index contributed by atoms with van der Waals surface area (Å²) in [5, 5.41) is 8.49. The highest BCUT2D eigenvalue weighted by molar-refractivity contribution is 4.53. The Hall–Kier alpha value is -0.240. The Kier molecular flexibility index (Phi) is 12.2. The van der Waals surface area contributed by atoms with Crippen LogP contribution in [-0.2, 0) is 23.7 Å². The van der Waals surface area contributed by atoms with Crippen LogP contribution in [0.1, 0.15) is 25.7 Å². The largest absolute Gasteiger partial charge is 0.394 e. The van der Waals surface area contributed by atoms with Gasteiger partial charge in [0.25, 0.3) is 0 Å². The van der Waals surface area contributed by atoms with E-state index in [9.17, 15) is 0 Å². The Balaban J connectivity index is 1.70. The van der Waals surface area contributed by atoms with Crippen molar-refractivity contribution in [2.75, 3.05) is 59.5 Å². The molecule has 0 aromatic rings. The van der Waals surface area contributed by atoms with Crippen molar-refractivity contribution in [3.63, 3.8) is 0 Å². The minimum Gasteiger partial charge on any atom is -0.394 e. The van der Waals surface area contributed by atoms with Crippen LogP contribution in [0.2, 0.25) is 0 Å². The van der Waals surface area contributed by atoms with Crippen molar-refractivity contribution < 1.29 is 28.8 Å². The van der Waals surface area contributed by atoms with Gasteiger partial charge in [0.05, 0.1) is 46.2 Å². The van der Waals surface area contributed by atoms with Gasteiger partial charge in [-0.25, -0.2) is 0 Å². The summed E-state index contributed by atoms with van der Waals surface area (Å²) in [6, 6.07) is 0.